The van der Waals surface area contributed by atoms with Gasteiger partial charge in [-0.1, -0.05) is 6.07 Å². The van der Waals surface area contributed by atoms with Crippen molar-refractivity contribution in [3.05, 3.63) is 42.0 Å². The van der Waals surface area contributed by atoms with Crippen molar-refractivity contribution >= 4 is 0 Å². The van der Waals surface area contributed by atoms with E-state index in [1.54, 1.807) is 49.4 Å². The minimum atomic E-state index is -0.787. The fourth-order valence-electron chi connectivity index (χ4n) is 1.81. The van der Waals surface area contributed by atoms with Crippen LogP contribution in [0.4, 0.5) is 0 Å². The topological polar surface area (TPSA) is 56.5 Å². The molecule has 1 aromatic carbocycles. The smallest absolute Gasteiger partial charge is 0.161 e. The van der Waals surface area contributed by atoms with E-state index in [4.69, 9.17) is 9.47 Å². The highest BCUT2D eigenvalue weighted by molar-refractivity contribution is 5.44. The van der Waals surface area contributed by atoms with Crippen LogP contribution in [0.5, 0.6) is 11.5 Å². The highest BCUT2D eigenvalue weighted by Crippen LogP contribution is 2.31. The third-order valence-electron chi connectivity index (χ3n) is 2.83. The van der Waals surface area contributed by atoms with E-state index in [0.717, 1.165) is 0 Å². The van der Waals surface area contributed by atoms with Gasteiger partial charge in [0.15, 0.2) is 11.5 Å². The number of imidazole rings is 1. The molecule has 0 fully saturated rings. The summed E-state index contributed by atoms with van der Waals surface area (Å²) in [7, 11) is 4.98. The first kappa shape index (κ1) is 12.4. The van der Waals surface area contributed by atoms with Gasteiger partial charge in [-0.3, -0.25) is 0 Å². The van der Waals surface area contributed by atoms with Gasteiger partial charge in [-0.25, -0.2) is 4.98 Å². The fraction of sp³-hybridized carbons (Fsp3) is 0.308. The van der Waals surface area contributed by atoms with Crippen LogP contribution in [0, 0.1) is 0 Å². The third-order valence-corrected chi connectivity index (χ3v) is 2.83. The second-order valence-corrected chi connectivity index (χ2v) is 3.91. The second-order valence-electron chi connectivity index (χ2n) is 3.91. The molecule has 0 spiro atoms. The molecule has 0 amide bonds. The maximum absolute atomic E-state index is 10.3. The summed E-state index contributed by atoms with van der Waals surface area (Å²) in [5.74, 6) is 1.80. The average Bonchev–Trinajstić information content (AvgIpc) is 2.83. The third kappa shape index (κ3) is 2.17. The number of methoxy groups -OCH3 is 2. The number of aliphatic hydroxyl groups excluding tert-OH is 1. The molecule has 96 valence electrons. The zero-order valence-electron chi connectivity index (χ0n) is 10.6. The Morgan fingerprint density at radius 2 is 1.94 bits per heavy atom. The Morgan fingerprint density at radius 1 is 1.22 bits per heavy atom. The van der Waals surface area contributed by atoms with Crippen molar-refractivity contribution in [3.8, 4) is 11.5 Å². The Kier molecular flexibility index (Phi) is 3.53. The van der Waals surface area contributed by atoms with E-state index in [1.807, 2.05) is 7.05 Å². The van der Waals surface area contributed by atoms with Gasteiger partial charge in [0.25, 0.3) is 0 Å². The predicted molar refractivity (Wildman–Crippen MR) is 66.8 cm³/mol. The number of rotatable bonds is 4. The van der Waals surface area contributed by atoms with Gasteiger partial charge in [-0.05, 0) is 17.7 Å². The fourth-order valence-corrected chi connectivity index (χ4v) is 1.81. The molecular formula is C13H16N2O3. The number of aryl methyl sites for hydroxylation is 1. The van der Waals surface area contributed by atoms with E-state index in [-0.39, 0.29) is 0 Å². The summed E-state index contributed by atoms with van der Waals surface area (Å²) in [5, 5.41) is 10.3. The predicted octanol–water partition coefficient (Wildman–Crippen LogP) is 1.52. The van der Waals surface area contributed by atoms with Gasteiger partial charge in [0.1, 0.15) is 11.9 Å². The highest BCUT2D eigenvalue weighted by Gasteiger charge is 2.16. The molecule has 1 heterocycles. The number of ether oxygens (including phenoxy) is 2. The first-order valence-corrected chi connectivity index (χ1v) is 5.54. The molecule has 1 atom stereocenters. The van der Waals surface area contributed by atoms with Crippen LogP contribution in [0.15, 0.2) is 30.6 Å². The quantitative estimate of drug-likeness (QED) is 0.891. The van der Waals surface area contributed by atoms with Crippen LogP contribution in [0.3, 0.4) is 0 Å². The zero-order valence-corrected chi connectivity index (χ0v) is 10.6. The number of aromatic nitrogens is 2. The molecule has 1 N–H and O–H groups in total. The Bertz CT molecular complexity index is 537. The molecule has 0 bridgehead atoms. The minimum absolute atomic E-state index is 0.585. The minimum Gasteiger partial charge on any atom is -0.493 e. The average molecular weight is 248 g/mol. The summed E-state index contributed by atoms with van der Waals surface area (Å²) in [4.78, 5) is 4.13. The largest absolute Gasteiger partial charge is 0.493 e. The van der Waals surface area contributed by atoms with Crippen LogP contribution in [0.2, 0.25) is 0 Å². The number of nitrogens with zero attached hydrogens (tertiary/aromatic N) is 2. The Balaban J connectivity index is 2.37. The Hall–Kier alpha value is -2.01. The first-order chi connectivity index (χ1) is 8.67. The van der Waals surface area contributed by atoms with Gasteiger partial charge in [-0.15, -0.1) is 0 Å². The molecule has 0 unspecified atom stereocenters. The lowest BCUT2D eigenvalue weighted by atomic mass is 10.1. The van der Waals surface area contributed by atoms with Crippen molar-refractivity contribution in [2.45, 2.75) is 6.10 Å². The van der Waals surface area contributed by atoms with Gasteiger partial charge in [0.05, 0.1) is 14.2 Å². The molecule has 2 rings (SSSR count). The van der Waals surface area contributed by atoms with Crippen molar-refractivity contribution in [1.29, 1.82) is 0 Å². The van der Waals surface area contributed by atoms with E-state index < -0.39 is 6.10 Å². The first-order valence-electron chi connectivity index (χ1n) is 5.54. The van der Waals surface area contributed by atoms with E-state index in [9.17, 15) is 5.11 Å². The Labute approximate surface area is 106 Å². The van der Waals surface area contributed by atoms with Crippen molar-refractivity contribution in [1.82, 2.24) is 9.55 Å². The van der Waals surface area contributed by atoms with Gasteiger partial charge < -0.3 is 19.1 Å². The highest BCUT2D eigenvalue weighted by atomic mass is 16.5. The van der Waals surface area contributed by atoms with Crippen molar-refractivity contribution in [2.75, 3.05) is 14.2 Å². The van der Waals surface area contributed by atoms with Crippen LogP contribution in [0.1, 0.15) is 17.5 Å². The zero-order chi connectivity index (χ0) is 13.1. The maximum Gasteiger partial charge on any atom is 0.161 e. The van der Waals surface area contributed by atoms with Gasteiger partial charge in [-0.2, -0.15) is 0 Å². The lowest BCUT2D eigenvalue weighted by molar-refractivity contribution is 0.205. The molecule has 0 aliphatic rings. The van der Waals surface area contributed by atoms with Crippen LogP contribution in [-0.4, -0.2) is 28.9 Å². The number of hydrogen-bond donors (Lipinski definition) is 1. The molecule has 5 heteroatoms. The van der Waals surface area contributed by atoms with Crippen LogP contribution in [0.25, 0.3) is 0 Å². The van der Waals surface area contributed by atoms with Gasteiger partial charge in [0, 0.05) is 19.4 Å². The molecular weight excluding hydrogens is 232 g/mol. The van der Waals surface area contributed by atoms with E-state index >= 15 is 0 Å². The lowest BCUT2D eigenvalue weighted by Gasteiger charge is -2.14. The summed E-state index contributed by atoms with van der Waals surface area (Å²) in [6.45, 7) is 0. The maximum atomic E-state index is 10.3. The second kappa shape index (κ2) is 5.10. The molecule has 0 aliphatic carbocycles. The molecule has 0 radical (unpaired) electrons. The molecule has 5 nitrogen and oxygen atoms in total. The number of hydrogen-bond acceptors (Lipinski definition) is 4. The monoisotopic (exact) mass is 248 g/mol. The van der Waals surface area contributed by atoms with E-state index in [0.29, 0.717) is 22.9 Å². The van der Waals surface area contributed by atoms with Gasteiger partial charge >= 0.3 is 0 Å². The number of benzene rings is 1. The molecule has 0 saturated heterocycles. The molecule has 18 heavy (non-hydrogen) atoms. The van der Waals surface area contributed by atoms with Crippen molar-refractivity contribution in [3.63, 3.8) is 0 Å². The SMILES string of the molecule is COc1ccc([C@H](O)c2nccn2C)cc1OC. The van der Waals surface area contributed by atoms with E-state index in [1.165, 1.54) is 0 Å². The molecule has 2 aromatic rings. The summed E-state index contributed by atoms with van der Waals surface area (Å²) < 4.78 is 12.1. The van der Waals surface area contributed by atoms with Crippen molar-refractivity contribution in [2.24, 2.45) is 7.05 Å². The van der Waals surface area contributed by atoms with Crippen LogP contribution < -0.4 is 9.47 Å². The summed E-state index contributed by atoms with van der Waals surface area (Å²) in [6, 6.07) is 5.30. The van der Waals surface area contributed by atoms with Crippen LogP contribution >= 0.6 is 0 Å². The lowest BCUT2D eigenvalue weighted by Crippen LogP contribution is -2.07. The molecule has 0 saturated carbocycles. The molecule has 0 aliphatic heterocycles. The Morgan fingerprint density at radius 3 is 2.50 bits per heavy atom. The summed E-state index contributed by atoms with van der Waals surface area (Å²) in [6.07, 6.45) is 2.66. The van der Waals surface area contributed by atoms with Crippen molar-refractivity contribution < 1.29 is 14.6 Å². The summed E-state index contributed by atoms with van der Waals surface area (Å²) in [5.41, 5.74) is 0.710. The van der Waals surface area contributed by atoms with Crippen LogP contribution in [-0.2, 0) is 7.05 Å². The summed E-state index contributed by atoms with van der Waals surface area (Å²) >= 11 is 0. The number of aliphatic hydroxyl groups is 1. The van der Waals surface area contributed by atoms with Gasteiger partial charge in [0.2, 0.25) is 0 Å². The van der Waals surface area contributed by atoms with E-state index in [2.05, 4.69) is 4.98 Å². The standard InChI is InChI=1S/C13H16N2O3/c1-15-7-6-14-13(15)12(16)9-4-5-10(17-2)11(8-9)18-3/h4-8,12,16H,1-3H3/t12-/m0/s1. The molecule has 1 aromatic heterocycles. The normalized spacial score (nSPS) is 12.2.